The van der Waals surface area contributed by atoms with Crippen molar-refractivity contribution in [2.45, 2.75) is 19.8 Å². The molecular weight excluding hydrogens is 238 g/mol. The van der Waals surface area contributed by atoms with E-state index in [2.05, 4.69) is 40.5 Å². The van der Waals surface area contributed by atoms with E-state index in [0.717, 1.165) is 56.8 Å². The second-order valence-electron chi connectivity index (χ2n) is 5.12. The van der Waals surface area contributed by atoms with Crippen molar-refractivity contribution in [3.05, 3.63) is 29.5 Å². The third-order valence-corrected chi connectivity index (χ3v) is 3.91. The minimum absolute atomic E-state index is 0.972. The summed E-state index contributed by atoms with van der Waals surface area (Å²) in [7, 11) is 0. The van der Waals surface area contributed by atoms with E-state index in [1.807, 2.05) is 0 Å². The highest BCUT2D eigenvalue weighted by Crippen LogP contribution is 2.23. The van der Waals surface area contributed by atoms with Gasteiger partial charge in [-0.1, -0.05) is 24.2 Å². The van der Waals surface area contributed by atoms with Gasteiger partial charge >= 0.3 is 0 Å². The Hall–Kier alpha value is -1.39. The molecule has 1 saturated heterocycles. The molecule has 2 aromatic rings. The smallest absolute Gasteiger partial charge is 0.170 e. The number of nitrogens with zero attached hydrogens (tertiary/aromatic N) is 2. The summed E-state index contributed by atoms with van der Waals surface area (Å²) in [5.74, 6) is 0. The standard InChI is InChI=1S/C15H21N3O/c1-2-12-4-3-5-13-14(17-19-15(12)13)6-9-18-10-7-16-8-11-18/h3-5,16H,2,6-11H2,1H3. The number of nitrogens with one attached hydrogen (secondary N) is 1. The van der Waals surface area contributed by atoms with Crippen LogP contribution < -0.4 is 5.32 Å². The Bertz CT molecular complexity index is 543. The molecule has 2 heterocycles. The summed E-state index contributed by atoms with van der Waals surface area (Å²) >= 11 is 0. The van der Waals surface area contributed by atoms with Gasteiger partial charge in [0.15, 0.2) is 5.58 Å². The summed E-state index contributed by atoms with van der Waals surface area (Å²) in [6, 6.07) is 6.35. The first-order valence-corrected chi connectivity index (χ1v) is 7.17. The van der Waals surface area contributed by atoms with E-state index in [1.54, 1.807) is 0 Å². The Kier molecular flexibility index (Phi) is 3.80. The number of aromatic nitrogens is 1. The summed E-state index contributed by atoms with van der Waals surface area (Å²) in [4.78, 5) is 2.49. The van der Waals surface area contributed by atoms with Crippen molar-refractivity contribution in [1.82, 2.24) is 15.4 Å². The predicted molar refractivity (Wildman–Crippen MR) is 76.4 cm³/mol. The number of aryl methyl sites for hydroxylation is 1. The van der Waals surface area contributed by atoms with Crippen molar-refractivity contribution in [3.63, 3.8) is 0 Å². The van der Waals surface area contributed by atoms with Crippen LogP contribution in [0.3, 0.4) is 0 Å². The minimum Gasteiger partial charge on any atom is -0.356 e. The molecule has 0 spiro atoms. The highest BCUT2D eigenvalue weighted by molar-refractivity contribution is 5.82. The Balaban J connectivity index is 1.74. The van der Waals surface area contributed by atoms with Gasteiger partial charge in [0, 0.05) is 44.5 Å². The van der Waals surface area contributed by atoms with Crippen LogP contribution in [0.4, 0.5) is 0 Å². The fourth-order valence-corrected chi connectivity index (χ4v) is 2.73. The van der Waals surface area contributed by atoms with Crippen LogP contribution in [0.1, 0.15) is 18.2 Å². The van der Waals surface area contributed by atoms with Crippen LogP contribution in [0.5, 0.6) is 0 Å². The molecule has 0 aliphatic carbocycles. The molecule has 1 aliphatic rings. The SMILES string of the molecule is CCc1cccc2c(CCN3CCNCC3)noc12. The molecule has 4 nitrogen and oxygen atoms in total. The van der Waals surface area contributed by atoms with Crippen molar-refractivity contribution in [1.29, 1.82) is 0 Å². The van der Waals surface area contributed by atoms with E-state index in [-0.39, 0.29) is 0 Å². The molecule has 4 heteroatoms. The highest BCUT2D eigenvalue weighted by atomic mass is 16.5. The van der Waals surface area contributed by atoms with Gasteiger partial charge in [-0.15, -0.1) is 0 Å². The van der Waals surface area contributed by atoms with E-state index in [1.165, 1.54) is 10.9 Å². The van der Waals surface area contributed by atoms with Crippen molar-refractivity contribution in [3.8, 4) is 0 Å². The molecule has 102 valence electrons. The zero-order valence-corrected chi connectivity index (χ0v) is 11.5. The maximum atomic E-state index is 5.53. The maximum absolute atomic E-state index is 5.53. The van der Waals surface area contributed by atoms with Crippen LogP contribution >= 0.6 is 0 Å². The van der Waals surface area contributed by atoms with Gasteiger partial charge in [-0.05, 0) is 18.1 Å². The second kappa shape index (κ2) is 5.72. The minimum atomic E-state index is 0.972. The number of rotatable bonds is 4. The summed E-state index contributed by atoms with van der Waals surface area (Å²) in [5, 5.41) is 8.84. The zero-order chi connectivity index (χ0) is 13.1. The van der Waals surface area contributed by atoms with Gasteiger partial charge in [0.05, 0.1) is 5.69 Å². The molecule has 1 aliphatic heterocycles. The van der Waals surface area contributed by atoms with E-state index in [9.17, 15) is 0 Å². The normalized spacial score (nSPS) is 17.1. The Labute approximate surface area is 113 Å². The van der Waals surface area contributed by atoms with Crippen molar-refractivity contribution in [2.75, 3.05) is 32.7 Å². The third-order valence-electron chi connectivity index (χ3n) is 3.91. The number of fused-ring (bicyclic) bond motifs is 1. The number of hydrogen-bond acceptors (Lipinski definition) is 4. The first kappa shape index (κ1) is 12.6. The molecule has 0 amide bonds. The van der Waals surface area contributed by atoms with Crippen LogP contribution in [0, 0.1) is 0 Å². The fourth-order valence-electron chi connectivity index (χ4n) is 2.73. The average molecular weight is 259 g/mol. The molecule has 0 atom stereocenters. The van der Waals surface area contributed by atoms with Crippen LogP contribution in [0.2, 0.25) is 0 Å². The van der Waals surface area contributed by atoms with Crippen LogP contribution in [0.25, 0.3) is 11.0 Å². The monoisotopic (exact) mass is 259 g/mol. The lowest BCUT2D eigenvalue weighted by atomic mass is 10.1. The number of benzene rings is 1. The van der Waals surface area contributed by atoms with Crippen molar-refractivity contribution < 1.29 is 4.52 Å². The number of para-hydroxylation sites is 1. The lowest BCUT2D eigenvalue weighted by Crippen LogP contribution is -2.44. The van der Waals surface area contributed by atoms with Gasteiger partial charge in [0.1, 0.15) is 0 Å². The largest absolute Gasteiger partial charge is 0.356 e. The predicted octanol–water partition coefficient (Wildman–Crippen LogP) is 1.84. The molecule has 1 aromatic carbocycles. The Morgan fingerprint density at radius 1 is 1.32 bits per heavy atom. The molecule has 0 unspecified atom stereocenters. The van der Waals surface area contributed by atoms with Crippen LogP contribution in [0.15, 0.2) is 22.7 Å². The molecule has 1 fully saturated rings. The first-order valence-electron chi connectivity index (χ1n) is 7.17. The average Bonchev–Trinajstić information content (AvgIpc) is 2.89. The van der Waals surface area contributed by atoms with Gasteiger partial charge in [-0.2, -0.15) is 0 Å². The fraction of sp³-hybridized carbons (Fsp3) is 0.533. The van der Waals surface area contributed by atoms with Gasteiger partial charge in [0.25, 0.3) is 0 Å². The van der Waals surface area contributed by atoms with Gasteiger partial charge < -0.3 is 14.7 Å². The third kappa shape index (κ3) is 2.65. The van der Waals surface area contributed by atoms with Crippen molar-refractivity contribution in [2.24, 2.45) is 0 Å². The summed E-state index contributed by atoms with van der Waals surface area (Å²) in [6.45, 7) is 7.68. The summed E-state index contributed by atoms with van der Waals surface area (Å²) in [5.41, 5.74) is 3.32. The van der Waals surface area contributed by atoms with Crippen LogP contribution in [-0.2, 0) is 12.8 Å². The second-order valence-corrected chi connectivity index (χ2v) is 5.12. The molecule has 19 heavy (non-hydrogen) atoms. The Morgan fingerprint density at radius 2 is 2.16 bits per heavy atom. The molecule has 1 aromatic heterocycles. The maximum Gasteiger partial charge on any atom is 0.170 e. The van der Waals surface area contributed by atoms with Crippen molar-refractivity contribution >= 4 is 11.0 Å². The van der Waals surface area contributed by atoms with E-state index < -0.39 is 0 Å². The lowest BCUT2D eigenvalue weighted by Gasteiger charge is -2.26. The highest BCUT2D eigenvalue weighted by Gasteiger charge is 2.14. The van der Waals surface area contributed by atoms with E-state index in [4.69, 9.17) is 4.52 Å². The molecule has 1 N–H and O–H groups in total. The summed E-state index contributed by atoms with van der Waals surface area (Å²) < 4.78 is 5.53. The molecule has 0 radical (unpaired) electrons. The van der Waals surface area contributed by atoms with Crippen LogP contribution in [-0.4, -0.2) is 42.8 Å². The van der Waals surface area contributed by atoms with E-state index in [0.29, 0.717) is 0 Å². The number of hydrogen-bond donors (Lipinski definition) is 1. The topological polar surface area (TPSA) is 41.3 Å². The summed E-state index contributed by atoms with van der Waals surface area (Å²) in [6.07, 6.45) is 1.96. The lowest BCUT2D eigenvalue weighted by molar-refractivity contribution is 0.242. The zero-order valence-electron chi connectivity index (χ0n) is 11.5. The van der Waals surface area contributed by atoms with Gasteiger partial charge in [-0.25, -0.2) is 0 Å². The molecule has 3 rings (SSSR count). The first-order chi connectivity index (χ1) is 9.38. The molecule has 0 bridgehead atoms. The van der Waals surface area contributed by atoms with Gasteiger partial charge in [-0.3, -0.25) is 0 Å². The number of piperazine rings is 1. The Morgan fingerprint density at radius 3 is 2.95 bits per heavy atom. The molecular formula is C15H21N3O. The van der Waals surface area contributed by atoms with E-state index >= 15 is 0 Å². The quantitative estimate of drug-likeness (QED) is 0.909. The van der Waals surface area contributed by atoms with Gasteiger partial charge in [0.2, 0.25) is 0 Å². The molecule has 0 saturated carbocycles.